The zero-order valence-electron chi connectivity index (χ0n) is 15.2. The van der Waals surface area contributed by atoms with Crippen molar-refractivity contribution in [3.8, 4) is 17.1 Å². The summed E-state index contributed by atoms with van der Waals surface area (Å²) in [7, 11) is 0. The minimum atomic E-state index is -0.148. The van der Waals surface area contributed by atoms with Crippen molar-refractivity contribution in [2.45, 2.75) is 20.0 Å². The third-order valence-corrected chi connectivity index (χ3v) is 4.79. The molecule has 0 unspecified atom stereocenters. The van der Waals surface area contributed by atoms with Crippen molar-refractivity contribution in [1.29, 1.82) is 0 Å². The Morgan fingerprint density at radius 2 is 2.07 bits per heavy atom. The second-order valence-electron chi connectivity index (χ2n) is 6.48. The fourth-order valence-corrected chi connectivity index (χ4v) is 3.35. The van der Waals surface area contributed by atoms with E-state index in [-0.39, 0.29) is 19.1 Å². The van der Waals surface area contributed by atoms with Gasteiger partial charge in [-0.3, -0.25) is 9.69 Å². The van der Waals surface area contributed by atoms with Crippen LogP contribution in [0.3, 0.4) is 0 Å². The van der Waals surface area contributed by atoms with Gasteiger partial charge >= 0.3 is 0 Å². The van der Waals surface area contributed by atoms with Crippen LogP contribution in [0.25, 0.3) is 22.4 Å². The zero-order valence-corrected chi connectivity index (χ0v) is 15.2. The van der Waals surface area contributed by atoms with Crippen LogP contribution >= 0.6 is 0 Å². The Bertz CT molecular complexity index is 1180. The number of amides is 1. The molecular weight excluding hydrogens is 358 g/mol. The molecular formula is C20H17N5O3. The van der Waals surface area contributed by atoms with E-state index in [0.29, 0.717) is 23.2 Å². The van der Waals surface area contributed by atoms with Crippen LogP contribution in [0.4, 0.5) is 5.69 Å². The van der Waals surface area contributed by atoms with E-state index in [1.54, 1.807) is 4.90 Å². The summed E-state index contributed by atoms with van der Waals surface area (Å²) in [6.07, 6.45) is 1.82. The number of imidazole rings is 1. The first-order chi connectivity index (χ1) is 13.7. The number of para-hydroxylation sites is 2. The number of fused-ring (bicyclic) bond motifs is 2. The van der Waals surface area contributed by atoms with Gasteiger partial charge in [0.1, 0.15) is 12.3 Å². The Balaban J connectivity index is 1.43. The number of ether oxygens (including phenoxy) is 1. The lowest BCUT2D eigenvalue weighted by atomic mass is 10.2. The highest BCUT2D eigenvalue weighted by molar-refractivity contribution is 5.97. The largest absolute Gasteiger partial charge is 0.482 e. The molecule has 4 aromatic rings. The third kappa shape index (κ3) is 2.70. The maximum atomic E-state index is 12.3. The summed E-state index contributed by atoms with van der Waals surface area (Å²) in [6.45, 7) is 3.12. The molecule has 0 bridgehead atoms. The van der Waals surface area contributed by atoms with Crippen LogP contribution in [-0.2, 0) is 17.9 Å². The lowest BCUT2D eigenvalue weighted by Crippen LogP contribution is -2.38. The Morgan fingerprint density at radius 3 is 2.96 bits per heavy atom. The molecule has 0 fully saturated rings. The minimum absolute atomic E-state index is 0.00520. The van der Waals surface area contributed by atoms with Crippen molar-refractivity contribution in [3.63, 3.8) is 0 Å². The number of aromatic nitrogens is 4. The standard InChI is InChI=1S/C20H17N5O3/c1-2-24-12-21-14-9-13(7-8-15(14)24)20-22-18(28-23-20)10-25-16-5-3-4-6-17(16)27-11-19(25)26/h3-9,12H,2,10-11H2,1H3. The van der Waals surface area contributed by atoms with E-state index >= 15 is 0 Å². The first-order valence-electron chi connectivity index (χ1n) is 9.03. The Morgan fingerprint density at radius 1 is 1.18 bits per heavy atom. The fourth-order valence-electron chi connectivity index (χ4n) is 3.35. The van der Waals surface area contributed by atoms with Crippen LogP contribution < -0.4 is 9.64 Å². The summed E-state index contributed by atoms with van der Waals surface area (Å²) in [4.78, 5) is 22.8. The van der Waals surface area contributed by atoms with Gasteiger partial charge in [-0.2, -0.15) is 4.98 Å². The molecule has 0 atom stereocenters. The second-order valence-corrected chi connectivity index (χ2v) is 6.48. The highest BCUT2D eigenvalue weighted by Gasteiger charge is 2.27. The van der Waals surface area contributed by atoms with Gasteiger partial charge in [0.05, 0.1) is 23.0 Å². The lowest BCUT2D eigenvalue weighted by Gasteiger charge is -2.27. The molecule has 1 aliphatic heterocycles. The van der Waals surface area contributed by atoms with E-state index in [1.165, 1.54) is 0 Å². The molecule has 8 heteroatoms. The number of carbonyl (C=O) groups excluding carboxylic acids is 1. The number of anilines is 1. The van der Waals surface area contributed by atoms with Gasteiger partial charge in [-0.1, -0.05) is 17.3 Å². The highest BCUT2D eigenvalue weighted by Crippen LogP contribution is 2.32. The summed E-state index contributed by atoms with van der Waals surface area (Å²) >= 11 is 0. The fraction of sp³-hybridized carbons (Fsp3) is 0.200. The predicted octanol–water partition coefficient (Wildman–Crippen LogP) is 3.03. The van der Waals surface area contributed by atoms with E-state index in [2.05, 4.69) is 26.6 Å². The number of carbonyl (C=O) groups is 1. The number of benzene rings is 2. The van der Waals surface area contributed by atoms with Gasteiger partial charge in [0.15, 0.2) is 6.61 Å². The van der Waals surface area contributed by atoms with Crippen LogP contribution in [0.1, 0.15) is 12.8 Å². The number of hydrogen-bond donors (Lipinski definition) is 0. The third-order valence-electron chi connectivity index (χ3n) is 4.79. The van der Waals surface area contributed by atoms with Crippen LogP contribution in [0, 0.1) is 0 Å². The zero-order chi connectivity index (χ0) is 19.1. The van der Waals surface area contributed by atoms with Gasteiger partial charge in [-0.05, 0) is 37.3 Å². The van der Waals surface area contributed by atoms with Crippen molar-refractivity contribution < 1.29 is 14.1 Å². The average molecular weight is 375 g/mol. The summed E-state index contributed by atoms with van der Waals surface area (Å²) in [5.41, 5.74) is 3.45. The number of rotatable bonds is 4. The van der Waals surface area contributed by atoms with E-state index < -0.39 is 0 Å². The van der Waals surface area contributed by atoms with Crippen LogP contribution in [0.2, 0.25) is 0 Å². The highest BCUT2D eigenvalue weighted by atomic mass is 16.5. The Kier molecular flexibility index (Phi) is 3.82. The predicted molar refractivity (Wildman–Crippen MR) is 102 cm³/mol. The van der Waals surface area contributed by atoms with Crippen molar-refractivity contribution >= 4 is 22.6 Å². The van der Waals surface area contributed by atoms with Crippen LogP contribution in [0.15, 0.2) is 53.3 Å². The normalized spacial score (nSPS) is 13.6. The average Bonchev–Trinajstić information content (AvgIpc) is 3.36. The molecule has 0 spiro atoms. The molecule has 140 valence electrons. The molecule has 0 N–H and O–H groups in total. The van der Waals surface area contributed by atoms with Crippen LogP contribution in [0.5, 0.6) is 5.75 Å². The Labute approximate surface area is 160 Å². The van der Waals surface area contributed by atoms with Crippen molar-refractivity contribution in [2.24, 2.45) is 0 Å². The number of nitrogens with zero attached hydrogens (tertiary/aromatic N) is 5. The van der Waals surface area contributed by atoms with Crippen molar-refractivity contribution in [2.75, 3.05) is 11.5 Å². The molecule has 2 aromatic heterocycles. The summed E-state index contributed by atoms with van der Waals surface area (Å²) in [5, 5.41) is 4.08. The maximum absolute atomic E-state index is 12.3. The van der Waals surface area contributed by atoms with Crippen molar-refractivity contribution in [1.82, 2.24) is 19.7 Å². The number of hydrogen-bond acceptors (Lipinski definition) is 6. The molecule has 0 saturated carbocycles. The SMILES string of the molecule is CCn1cnc2cc(-c3noc(CN4C(=O)COc5ccccc54)n3)ccc21. The van der Waals surface area contributed by atoms with E-state index in [1.807, 2.05) is 48.8 Å². The Hall–Kier alpha value is -3.68. The molecule has 2 aromatic carbocycles. The monoisotopic (exact) mass is 375 g/mol. The van der Waals surface area contributed by atoms with Gasteiger partial charge in [-0.15, -0.1) is 0 Å². The molecule has 28 heavy (non-hydrogen) atoms. The molecule has 0 aliphatic carbocycles. The maximum Gasteiger partial charge on any atom is 0.265 e. The van der Waals surface area contributed by atoms with E-state index in [9.17, 15) is 4.79 Å². The summed E-state index contributed by atoms with van der Waals surface area (Å²) in [5.74, 6) is 1.35. The molecule has 1 amide bonds. The summed E-state index contributed by atoms with van der Waals surface area (Å²) in [6, 6.07) is 13.3. The lowest BCUT2D eigenvalue weighted by molar-refractivity contribution is -0.121. The smallest absolute Gasteiger partial charge is 0.265 e. The molecule has 3 heterocycles. The molecule has 8 nitrogen and oxygen atoms in total. The topological polar surface area (TPSA) is 86.3 Å². The molecule has 1 aliphatic rings. The van der Waals surface area contributed by atoms with Gasteiger partial charge in [0.25, 0.3) is 5.91 Å². The van der Waals surface area contributed by atoms with Crippen LogP contribution in [-0.4, -0.2) is 32.2 Å². The van der Waals surface area contributed by atoms with Gasteiger partial charge in [-0.25, -0.2) is 4.98 Å². The molecule has 0 saturated heterocycles. The van der Waals surface area contributed by atoms with Crippen molar-refractivity contribution in [3.05, 3.63) is 54.7 Å². The van der Waals surface area contributed by atoms with E-state index in [4.69, 9.17) is 9.26 Å². The van der Waals surface area contributed by atoms with E-state index in [0.717, 1.165) is 23.1 Å². The molecule has 0 radical (unpaired) electrons. The molecule has 5 rings (SSSR count). The van der Waals surface area contributed by atoms with Gasteiger partial charge in [0, 0.05) is 12.1 Å². The second kappa shape index (κ2) is 6.49. The minimum Gasteiger partial charge on any atom is -0.482 e. The first kappa shape index (κ1) is 16.5. The van der Waals surface area contributed by atoms with Gasteiger partial charge < -0.3 is 13.8 Å². The quantitative estimate of drug-likeness (QED) is 0.545. The summed E-state index contributed by atoms with van der Waals surface area (Å²) < 4.78 is 12.9. The first-order valence-corrected chi connectivity index (χ1v) is 9.03. The number of aryl methyl sites for hydroxylation is 1. The van der Waals surface area contributed by atoms with Gasteiger partial charge in [0.2, 0.25) is 11.7 Å².